The lowest BCUT2D eigenvalue weighted by Gasteiger charge is -2.28. The lowest BCUT2D eigenvalue weighted by molar-refractivity contribution is 0.0172. The molecule has 1 N–H and O–H groups in total. The molecule has 1 atom stereocenters. The second-order valence-electron chi connectivity index (χ2n) is 4.88. The van der Waals surface area contributed by atoms with Crippen LogP contribution < -0.4 is 0 Å². The van der Waals surface area contributed by atoms with Gasteiger partial charge >= 0.3 is 0 Å². The van der Waals surface area contributed by atoms with E-state index in [4.69, 9.17) is 0 Å². The highest BCUT2D eigenvalue weighted by Gasteiger charge is 2.27. The van der Waals surface area contributed by atoms with Crippen molar-refractivity contribution in [1.29, 1.82) is 0 Å². The van der Waals surface area contributed by atoms with Gasteiger partial charge in [-0.25, -0.2) is 8.42 Å². The molecular formula is C14H22O3S. The van der Waals surface area contributed by atoms with Crippen LogP contribution in [-0.4, -0.2) is 25.5 Å². The first-order valence-electron chi connectivity index (χ1n) is 6.33. The Morgan fingerprint density at radius 3 is 2.28 bits per heavy atom. The van der Waals surface area contributed by atoms with Crippen LogP contribution in [0.4, 0.5) is 0 Å². The van der Waals surface area contributed by atoms with Crippen LogP contribution in [0.5, 0.6) is 0 Å². The first kappa shape index (κ1) is 15.2. The normalized spacial score (nSPS) is 15.3. The zero-order valence-electron chi connectivity index (χ0n) is 11.1. The zero-order valence-corrected chi connectivity index (χ0v) is 11.9. The molecule has 18 heavy (non-hydrogen) atoms. The maximum Gasteiger partial charge on any atom is 0.147 e. The smallest absolute Gasteiger partial charge is 0.147 e. The van der Waals surface area contributed by atoms with Gasteiger partial charge in [0.05, 0.1) is 5.60 Å². The van der Waals surface area contributed by atoms with Crippen molar-refractivity contribution < 1.29 is 13.5 Å². The summed E-state index contributed by atoms with van der Waals surface area (Å²) >= 11 is 0. The molecule has 102 valence electrons. The fourth-order valence-electron chi connectivity index (χ4n) is 2.20. The fraction of sp³-hybridized carbons (Fsp3) is 0.571. The predicted octanol–water partition coefficient (Wildman–Crippen LogP) is 2.50. The van der Waals surface area contributed by atoms with Crippen LogP contribution in [0.2, 0.25) is 0 Å². The largest absolute Gasteiger partial charge is 0.385 e. The van der Waals surface area contributed by atoms with Crippen LogP contribution in [0.25, 0.3) is 0 Å². The highest BCUT2D eigenvalue weighted by molar-refractivity contribution is 7.90. The van der Waals surface area contributed by atoms with Crippen molar-refractivity contribution in [2.45, 2.75) is 38.2 Å². The van der Waals surface area contributed by atoms with E-state index in [2.05, 4.69) is 0 Å². The Morgan fingerprint density at radius 1 is 1.17 bits per heavy atom. The van der Waals surface area contributed by atoms with E-state index in [-0.39, 0.29) is 5.75 Å². The average molecular weight is 270 g/mol. The van der Waals surface area contributed by atoms with E-state index >= 15 is 0 Å². The minimum atomic E-state index is -2.95. The summed E-state index contributed by atoms with van der Waals surface area (Å²) in [5, 5.41) is 10.7. The molecule has 0 spiro atoms. The van der Waals surface area contributed by atoms with E-state index in [9.17, 15) is 13.5 Å². The van der Waals surface area contributed by atoms with Gasteiger partial charge in [0.1, 0.15) is 9.84 Å². The Hall–Kier alpha value is -0.870. The lowest BCUT2D eigenvalue weighted by atomic mass is 9.85. The summed E-state index contributed by atoms with van der Waals surface area (Å²) in [6, 6.07) is 9.50. The standard InChI is InChI=1S/C14H22O3S/c1-3-10-14(15,11-7-12-18(2,16)17)13-8-5-4-6-9-13/h4-6,8-9,15H,3,7,10-12H2,1-2H3. The van der Waals surface area contributed by atoms with Gasteiger partial charge < -0.3 is 5.11 Å². The van der Waals surface area contributed by atoms with E-state index in [0.29, 0.717) is 19.3 Å². The number of hydrogen-bond donors (Lipinski definition) is 1. The minimum absolute atomic E-state index is 0.131. The van der Waals surface area contributed by atoms with E-state index < -0.39 is 15.4 Å². The molecule has 4 heteroatoms. The molecule has 0 fully saturated rings. The third-order valence-electron chi connectivity index (χ3n) is 3.08. The van der Waals surface area contributed by atoms with Gasteiger partial charge in [0.2, 0.25) is 0 Å². The minimum Gasteiger partial charge on any atom is -0.385 e. The summed E-state index contributed by atoms with van der Waals surface area (Å²) < 4.78 is 22.3. The quantitative estimate of drug-likeness (QED) is 0.828. The topological polar surface area (TPSA) is 54.4 Å². The maximum absolute atomic E-state index is 11.1. The average Bonchev–Trinajstić information content (AvgIpc) is 2.29. The Bertz CT molecular complexity index is 453. The molecule has 3 nitrogen and oxygen atoms in total. The molecule has 0 bridgehead atoms. The van der Waals surface area contributed by atoms with Gasteiger partial charge in [0, 0.05) is 12.0 Å². The van der Waals surface area contributed by atoms with Gasteiger partial charge in [-0.15, -0.1) is 0 Å². The monoisotopic (exact) mass is 270 g/mol. The molecule has 1 unspecified atom stereocenters. The van der Waals surface area contributed by atoms with Crippen LogP contribution in [0.15, 0.2) is 30.3 Å². The van der Waals surface area contributed by atoms with E-state index in [1.807, 2.05) is 37.3 Å². The third-order valence-corrected chi connectivity index (χ3v) is 4.11. The summed E-state index contributed by atoms with van der Waals surface area (Å²) in [5.74, 6) is 0.131. The third kappa shape index (κ3) is 4.78. The van der Waals surface area contributed by atoms with Crippen molar-refractivity contribution in [2.24, 2.45) is 0 Å². The molecule has 0 aliphatic rings. The number of hydrogen-bond acceptors (Lipinski definition) is 3. The number of benzene rings is 1. The molecule has 1 aromatic rings. The van der Waals surface area contributed by atoms with Crippen LogP contribution >= 0.6 is 0 Å². The Morgan fingerprint density at radius 2 is 1.78 bits per heavy atom. The van der Waals surface area contributed by atoms with Crippen molar-refractivity contribution in [1.82, 2.24) is 0 Å². The maximum atomic E-state index is 11.1. The summed E-state index contributed by atoms with van der Waals surface area (Å²) in [5.41, 5.74) is -0.0268. The fourth-order valence-corrected chi connectivity index (χ4v) is 2.87. The van der Waals surface area contributed by atoms with Crippen molar-refractivity contribution in [3.63, 3.8) is 0 Å². The zero-order chi connectivity index (χ0) is 13.6. The molecule has 0 saturated heterocycles. The van der Waals surface area contributed by atoms with Gasteiger partial charge in [-0.3, -0.25) is 0 Å². The van der Waals surface area contributed by atoms with Gasteiger partial charge in [0.25, 0.3) is 0 Å². The Balaban J connectivity index is 2.75. The summed E-state index contributed by atoms with van der Waals surface area (Å²) in [6.45, 7) is 2.02. The molecular weight excluding hydrogens is 248 g/mol. The first-order valence-corrected chi connectivity index (χ1v) is 8.39. The van der Waals surface area contributed by atoms with Crippen LogP contribution in [0.1, 0.15) is 38.2 Å². The highest BCUT2D eigenvalue weighted by Crippen LogP contribution is 2.31. The summed E-state index contributed by atoms with van der Waals surface area (Å²) in [6.07, 6.45) is 3.72. The molecule has 0 aliphatic carbocycles. The Labute approximate surface area is 110 Å². The molecule has 1 rings (SSSR count). The Kier molecular flexibility index (Phi) is 5.35. The molecule has 0 aliphatic heterocycles. The van der Waals surface area contributed by atoms with Crippen LogP contribution in [0.3, 0.4) is 0 Å². The van der Waals surface area contributed by atoms with Gasteiger partial charge in [0.15, 0.2) is 0 Å². The number of rotatable bonds is 7. The predicted molar refractivity (Wildman–Crippen MR) is 74.2 cm³/mol. The van der Waals surface area contributed by atoms with E-state index in [1.54, 1.807) is 0 Å². The second-order valence-corrected chi connectivity index (χ2v) is 7.14. The highest BCUT2D eigenvalue weighted by atomic mass is 32.2. The number of aliphatic hydroxyl groups is 1. The SMILES string of the molecule is CCCC(O)(CCCS(C)(=O)=O)c1ccccc1. The van der Waals surface area contributed by atoms with Crippen molar-refractivity contribution in [2.75, 3.05) is 12.0 Å². The van der Waals surface area contributed by atoms with Crippen LogP contribution in [0, 0.1) is 0 Å². The first-order chi connectivity index (χ1) is 8.37. The molecule has 0 radical (unpaired) electrons. The van der Waals surface area contributed by atoms with Crippen molar-refractivity contribution in [3.05, 3.63) is 35.9 Å². The second kappa shape index (κ2) is 6.34. The molecule has 0 amide bonds. The molecule has 0 heterocycles. The van der Waals surface area contributed by atoms with Gasteiger partial charge in [-0.05, 0) is 24.8 Å². The number of sulfone groups is 1. The van der Waals surface area contributed by atoms with Crippen LogP contribution in [-0.2, 0) is 15.4 Å². The van der Waals surface area contributed by atoms with E-state index in [1.165, 1.54) is 6.26 Å². The lowest BCUT2D eigenvalue weighted by Crippen LogP contribution is -2.26. The molecule has 0 saturated carbocycles. The summed E-state index contributed by atoms with van der Waals surface area (Å²) in [4.78, 5) is 0. The van der Waals surface area contributed by atoms with E-state index in [0.717, 1.165) is 12.0 Å². The van der Waals surface area contributed by atoms with Crippen molar-refractivity contribution >= 4 is 9.84 Å². The molecule has 1 aromatic carbocycles. The molecule has 0 aromatic heterocycles. The summed E-state index contributed by atoms with van der Waals surface area (Å²) in [7, 11) is -2.95. The van der Waals surface area contributed by atoms with Gasteiger partial charge in [-0.1, -0.05) is 43.7 Å². The van der Waals surface area contributed by atoms with Gasteiger partial charge in [-0.2, -0.15) is 0 Å². The van der Waals surface area contributed by atoms with Crippen molar-refractivity contribution in [3.8, 4) is 0 Å².